The molecule has 0 bridgehead atoms. The van der Waals surface area contributed by atoms with Gasteiger partial charge in [-0.1, -0.05) is 38.1 Å². The highest BCUT2D eigenvalue weighted by atomic mass is 16.5. The van der Waals surface area contributed by atoms with Crippen molar-refractivity contribution in [1.82, 2.24) is 0 Å². The predicted molar refractivity (Wildman–Crippen MR) is 101 cm³/mol. The van der Waals surface area contributed by atoms with Gasteiger partial charge in [0.05, 0.1) is 23.4 Å². The summed E-state index contributed by atoms with van der Waals surface area (Å²) in [6.45, 7) is 5.65. The van der Waals surface area contributed by atoms with E-state index in [9.17, 15) is 14.4 Å². The number of hydrogen-bond donors (Lipinski definition) is 1. The largest absolute Gasteiger partial charge is 0.462 e. The van der Waals surface area contributed by atoms with Gasteiger partial charge in [-0.2, -0.15) is 0 Å². The average molecular weight is 369 g/mol. The fraction of sp³-hybridized carbons (Fsp3) is 0.286. The number of anilines is 1. The monoisotopic (exact) mass is 369 g/mol. The zero-order valence-electron chi connectivity index (χ0n) is 15.7. The molecule has 0 saturated heterocycles. The molecule has 142 valence electrons. The second-order valence-corrected chi connectivity index (χ2v) is 6.18. The lowest BCUT2D eigenvalue weighted by Gasteiger charge is -2.12. The summed E-state index contributed by atoms with van der Waals surface area (Å²) in [7, 11) is 0. The Balaban J connectivity index is 2.02. The number of rotatable bonds is 7. The highest BCUT2D eigenvalue weighted by Gasteiger charge is 2.16. The van der Waals surface area contributed by atoms with Crippen molar-refractivity contribution in [3.05, 3.63) is 65.2 Å². The van der Waals surface area contributed by atoms with Gasteiger partial charge in [-0.25, -0.2) is 9.59 Å². The Morgan fingerprint density at radius 2 is 1.59 bits per heavy atom. The summed E-state index contributed by atoms with van der Waals surface area (Å²) >= 11 is 0. The SMILES string of the molecule is CCOC(=O)c1ccc(COC(=O)c2ccccc2NC(=O)C(C)C)cc1. The molecule has 6 heteroatoms. The van der Waals surface area contributed by atoms with E-state index in [4.69, 9.17) is 9.47 Å². The molecule has 27 heavy (non-hydrogen) atoms. The van der Waals surface area contributed by atoms with Gasteiger partial charge in [-0.3, -0.25) is 4.79 Å². The molecule has 0 aliphatic carbocycles. The summed E-state index contributed by atoms with van der Waals surface area (Å²) in [5, 5.41) is 2.73. The highest BCUT2D eigenvalue weighted by molar-refractivity contribution is 6.01. The molecular weight excluding hydrogens is 346 g/mol. The maximum Gasteiger partial charge on any atom is 0.340 e. The Morgan fingerprint density at radius 1 is 0.926 bits per heavy atom. The molecule has 0 atom stereocenters. The maximum absolute atomic E-state index is 12.4. The molecule has 6 nitrogen and oxygen atoms in total. The molecule has 0 aliphatic heterocycles. The Bertz CT molecular complexity index is 812. The van der Waals surface area contributed by atoms with Crippen LogP contribution < -0.4 is 5.32 Å². The number of hydrogen-bond acceptors (Lipinski definition) is 5. The van der Waals surface area contributed by atoms with Crippen LogP contribution in [0.1, 0.15) is 47.1 Å². The first kappa shape index (κ1) is 20.2. The van der Waals surface area contributed by atoms with E-state index in [-0.39, 0.29) is 24.0 Å². The minimum atomic E-state index is -0.538. The van der Waals surface area contributed by atoms with Crippen molar-refractivity contribution in [3.63, 3.8) is 0 Å². The first-order chi connectivity index (χ1) is 12.9. The van der Waals surface area contributed by atoms with Crippen LogP contribution in [0, 0.1) is 5.92 Å². The van der Waals surface area contributed by atoms with Crippen LogP contribution in [0.5, 0.6) is 0 Å². The van der Waals surface area contributed by atoms with E-state index in [1.807, 2.05) is 0 Å². The van der Waals surface area contributed by atoms with E-state index in [1.54, 1.807) is 69.3 Å². The van der Waals surface area contributed by atoms with Crippen LogP contribution in [0.4, 0.5) is 5.69 Å². The van der Waals surface area contributed by atoms with E-state index in [0.29, 0.717) is 17.9 Å². The maximum atomic E-state index is 12.4. The van der Waals surface area contributed by atoms with E-state index in [0.717, 1.165) is 5.56 Å². The van der Waals surface area contributed by atoms with Crippen LogP contribution >= 0.6 is 0 Å². The Labute approximate surface area is 158 Å². The standard InChI is InChI=1S/C21H23NO5/c1-4-26-20(24)16-11-9-15(10-12-16)13-27-21(25)17-7-5-6-8-18(17)22-19(23)14(2)3/h5-12,14H,4,13H2,1-3H3,(H,22,23). The zero-order valence-corrected chi connectivity index (χ0v) is 15.7. The summed E-state index contributed by atoms with van der Waals surface area (Å²) < 4.78 is 10.3. The van der Waals surface area contributed by atoms with Gasteiger partial charge in [-0.15, -0.1) is 0 Å². The Morgan fingerprint density at radius 3 is 2.22 bits per heavy atom. The highest BCUT2D eigenvalue weighted by Crippen LogP contribution is 2.18. The fourth-order valence-electron chi connectivity index (χ4n) is 2.23. The third kappa shape index (κ3) is 5.67. The van der Waals surface area contributed by atoms with Crippen molar-refractivity contribution >= 4 is 23.5 Å². The number of ether oxygens (including phenoxy) is 2. The molecule has 0 unspecified atom stereocenters. The third-order valence-corrected chi connectivity index (χ3v) is 3.76. The second-order valence-electron chi connectivity index (χ2n) is 6.18. The molecule has 2 aromatic carbocycles. The molecule has 0 saturated carbocycles. The van der Waals surface area contributed by atoms with E-state index >= 15 is 0 Å². The second kappa shape index (κ2) is 9.52. The molecule has 0 heterocycles. The van der Waals surface area contributed by atoms with Gasteiger partial charge in [0, 0.05) is 5.92 Å². The van der Waals surface area contributed by atoms with Crippen LogP contribution in [-0.4, -0.2) is 24.5 Å². The number of amides is 1. The summed E-state index contributed by atoms with van der Waals surface area (Å²) in [6.07, 6.45) is 0. The van der Waals surface area contributed by atoms with E-state index in [2.05, 4.69) is 5.32 Å². The third-order valence-electron chi connectivity index (χ3n) is 3.76. The fourth-order valence-corrected chi connectivity index (χ4v) is 2.23. The number of carbonyl (C=O) groups excluding carboxylic acids is 3. The number of carbonyl (C=O) groups is 3. The number of para-hydroxylation sites is 1. The van der Waals surface area contributed by atoms with Gasteiger partial charge in [-0.05, 0) is 36.8 Å². The van der Waals surface area contributed by atoms with Crippen molar-refractivity contribution in [2.45, 2.75) is 27.4 Å². The van der Waals surface area contributed by atoms with Crippen LogP contribution in [0.2, 0.25) is 0 Å². The van der Waals surface area contributed by atoms with Crippen molar-refractivity contribution in [3.8, 4) is 0 Å². The topological polar surface area (TPSA) is 81.7 Å². The first-order valence-electron chi connectivity index (χ1n) is 8.75. The summed E-state index contributed by atoms with van der Waals surface area (Å²) in [6, 6.07) is 13.3. The molecule has 0 spiro atoms. The van der Waals surface area contributed by atoms with Gasteiger partial charge in [0.25, 0.3) is 0 Å². The van der Waals surface area contributed by atoms with Crippen molar-refractivity contribution < 1.29 is 23.9 Å². The van der Waals surface area contributed by atoms with Crippen LogP contribution in [-0.2, 0) is 20.9 Å². The first-order valence-corrected chi connectivity index (χ1v) is 8.75. The molecule has 0 aliphatic rings. The Kier molecular flexibility index (Phi) is 7.11. The molecule has 0 radical (unpaired) electrons. The molecular formula is C21H23NO5. The van der Waals surface area contributed by atoms with E-state index in [1.165, 1.54) is 0 Å². The normalized spacial score (nSPS) is 10.4. The molecule has 1 N–H and O–H groups in total. The molecule has 0 fully saturated rings. The lowest BCUT2D eigenvalue weighted by molar-refractivity contribution is -0.118. The average Bonchev–Trinajstić information content (AvgIpc) is 2.67. The van der Waals surface area contributed by atoms with E-state index < -0.39 is 11.9 Å². The predicted octanol–water partition coefficient (Wildman–Crippen LogP) is 3.81. The lowest BCUT2D eigenvalue weighted by Crippen LogP contribution is -2.20. The molecule has 0 aromatic heterocycles. The van der Waals surface area contributed by atoms with Crippen molar-refractivity contribution in [1.29, 1.82) is 0 Å². The summed E-state index contributed by atoms with van der Waals surface area (Å²) in [4.78, 5) is 35.9. The Hall–Kier alpha value is -3.15. The van der Waals surface area contributed by atoms with Gasteiger partial charge in [0.15, 0.2) is 0 Å². The van der Waals surface area contributed by atoms with Crippen molar-refractivity contribution in [2.24, 2.45) is 5.92 Å². The molecule has 2 aromatic rings. The number of nitrogens with one attached hydrogen (secondary N) is 1. The molecule has 2 rings (SSSR count). The van der Waals surface area contributed by atoms with Crippen molar-refractivity contribution in [2.75, 3.05) is 11.9 Å². The van der Waals surface area contributed by atoms with Crippen LogP contribution in [0.3, 0.4) is 0 Å². The minimum absolute atomic E-state index is 0.0500. The van der Waals surface area contributed by atoms with Crippen LogP contribution in [0.25, 0.3) is 0 Å². The van der Waals surface area contributed by atoms with Gasteiger partial charge >= 0.3 is 11.9 Å². The lowest BCUT2D eigenvalue weighted by atomic mass is 10.1. The smallest absolute Gasteiger partial charge is 0.340 e. The minimum Gasteiger partial charge on any atom is -0.462 e. The van der Waals surface area contributed by atoms with Gasteiger partial charge in [0.1, 0.15) is 6.61 Å². The number of benzene rings is 2. The van der Waals surface area contributed by atoms with Gasteiger partial charge < -0.3 is 14.8 Å². The number of esters is 2. The summed E-state index contributed by atoms with van der Waals surface area (Å²) in [5.41, 5.74) is 1.88. The zero-order chi connectivity index (χ0) is 19.8. The molecule has 1 amide bonds. The van der Waals surface area contributed by atoms with Gasteiger partial charge in [0.2, 0.25) is 5.91 Å². The summed E-state index contributed by atoms with van der Waals surface area (Å²) in [5.74, 6) is -1.31. The van der Waals surface area contributed by atoms with Crippen LogP contribution in [0.15, 0.2) is 48.5 Å². The quantitative estimate of drug-likeness (QED) is 0.751.